The second-order valence-electron chi connectivity index (χ2n) is 2.00. The molecule has 1 N–H and O–H groups in total. The van der Waals surface area contributed by atoms with Crippen LogP contribution in [0.4, 0.5) is 10.5 Å². The lowest BCUT2D eigenvalue weighted by Gasteiger charge is -1.99. The summed E-state index contributed by atoms with van der Waals surface area (Å²) in [4.78, 5) is 10.5. The normalized spacial score (nSPS) is 9.73. The number of carbonyl (C=O) groups excluding carboxylic acids is 1. The number of carbonyl (C=O) groups is 1. The Morgan fingerprint density at radius 1 is 1.82 bits per heavy atom. The second-order valence-corrected chi connectivity index (χ2v) is 3.89. The van der Waals surface area contributed by atoms with Crippen molar-refractivity contribution < 1.29 is 4.79 Å². The Morgan fingerprint density at radius 3 is 2.82 bits per heavy atom. The Kier molecular flexibility index (Phi) is 2.81. The van der Waals surface area contributed by atoms with Crippen molar-refractivity contribution in [3.8, 4) is 0 Å². The van der Waals surface area contributed by atoms with E-state index >= 15 is 0 Å². The van der Waals surface area contributed by atoms with E-state index in [4.69, 9.17) is 11.6 Å². The maximum Gasteiger partial charge on any atom is 0.280 e. The van der Waals surface area contributed by atoms with Gasteiger partial charge in [0.05, 0.1) is 5.69 Å². The quantitative estimate of drug-likeness (QED) is 0.681. The molecule has 0 radical (unpaired) electrons. The van der Waals surface area contributed by atoms with E-state index in [1.165, 1.54) is 11.3 Å². The number of aryl methyl sites for hydroxylation is 1. The lowest BCUT2D eigenvalue weighted by atomic mass is 10.3. The third-order valence-corrected chi connectivity index (χ3v) is 2.61. The molecule has 1 rings (SSSR count). The summed E-state index contributed by atoms with van der Waals surface area (Å²) < 4.78 is 0.588. The molecule has 2 nitrogen and oxygen atoms in total. The highest BCUT2D eigenvalue weighted by molar-refractivity contribution is 7.96. The Hall–Kier alpha value is -0.190. The van der Waals surface area contributed by atoms with Gasteiger partial charge in [-0.2, -0.15) is 0 Å². The first-order valence-corrected chi connectivity index (χ1v) is 4.55. The molecule has 0 aliphatic rings. The number of thiophene rings is 1. The van der Waals surface area contributed by atoms with Crippen LogP contribution in [-0.2, 0) is 0 Å². The number of nitrogens with one attached hydrogen (secondary N) is 1. The van der Waals surface area contributed by atoms with Crippen LogP contribution in [0.1, 0.15) is 5.56 Å². The predicted octanol–water partition coefficient (Wildman–Crippen LogP) is 3.17. The topological polar surface area (TPSA) is 29.1 Å². The molecule has 1 aromatic heterocycles. The smallest absolute Gasteiger partial charge is 0.280 e. The molecule has 0 spiro atoms. The van der Waals surface area contributed by atoms with E-state index in [-0.39, 0.29) is 0 Å². The van der Waals surface area contributed by atoms with Gasteiger partial charge in [-0.05, 0) is 17.9 Å². The van der Waals surface area contributed by atoms with Gasteiger partial charge >= 0.3 is 0 Å². The molecule has 0 aromatic carbocycles. The van der Waals surface area contributed by atoms with Crippen molar-refractivity contribution in [2.24, 2.45) is 0 Å². The minimum absolute atomic E-state index is 0.395. The van der Waals surface area contributed by atoms with Crippen molar-refractivity contribution in [1.29, 1.82) is 0 Å². The van der Waals surface area contributed by atoms with E-state index in [1.807, 2.05) is 12.3 Å². The van der Waals surface area contributed by atoms with E-state index in [0.29, 0.717) is 10.0 Å². The number of hydrogen-bond acceptors (Lipinski definition) is 2. The fourth-order valence-electron chi connectivity index (χ4n) is 0.668. The van der Waals surface area contributed by atoms with Crippen molar-refractivity contribution in [1.82, 2.24) is 0 Å². The number of thiol groups is 1. The first kappa shape index (κ1) is 8.90. The third-order valence-electron chi connectivity index (χ3n) is 1.16. The van der Waals surface area contributed by atoms with Crippen LogP contribution >= 0.6 is 35.6 Å². The molecule has 0 saturated carbocycles. The summed E-state index contributed by atoms with van der Waals surface area (Å²) in [6.45, 7) is 1.88. The Morgan fingerprint density at radius 2 is 2.45 bits per heavy atom. The maximum absolute atomic E-state index is 10.5. The van der Waals surface area contributed by atoms with Crippen LogP contribution in [0.2, 0.25) is 4.34 Å². The Labute approximate surface area is 79.0 Å². The van der Waals surface area contributed by atoms with Gasteiger partial charge in [-0.1, -0.05) is 24.2 Å². The van der Waals surface area contributed by atoms with Gasteiger partial charge in [0.25, 0.3) is 5.24 Å². The summed E-state index contributed by atoms with van der Waals surface area (Å²) in [6.07, 6.45) is 0. The van der Waals surface area contributed by atoms with E-state index in [1.54, 1.807) is 0 Å². The Balaban J connectivity index is 2.92. The molecule has 0 unspecified atom stereocenters. The van der Waals surface area contributed by atoms with E-state index < -0.39 is 5.24 Å². The van der Waals surface area contributed by atoms with Crippen LogP contribution in [0, 0.1) is 6.92 Å². The molecule has 0 bridgehead atoms. The average molecular weight is 208 g/mol. The summed E-state index contributed by atoms with van der Waals surface area (Å²) in [7, 11) is 0. The molecule has 5 heteroatoms. The molecule has 1 aromatic rings. The molecule has 1 amide bonds. The average Bonchev–Trinajstić information content (AvgIpc) is 2.18. The lowest BCUT2D eigenvalue weighted by molar-refractivity contribution is 0.270. The zero-order valence-corrected chi connectivity index (χ0v) is 8.19. The molecule has 0 aliphatic carbocycles. The van der Waals surface area contributed by atoms with Crippen molar-refractivity contribution in [3.05, 3.63) is 15.3 Å². The molecule has 1 heterocycles. The summed E-state index contributed by atoms with van der Waals surface area (Å²) in [5.74, 6) is 0. The van der Waals surface area contributed by atoms with Gasteiger partial charge in [-0.15, -0.1) is 11.3 Å². The van der Waals surface area contributed by atoms with Crippen LogP contribution < -0.4 is 5.32 Å². The number of hydrogen-bond donors (Lipinski definition) is 2. The molecule has 11 heavy (non-hydrogen) atoms. The van der Waals surface area contributed by atoms with E-state index in [2.05, 4.69) is 17.9 Å². The summed E-state index contributed by atoms with van der Waals surface area (Å²) in [6, 6.07) is 0. The fourth-order valence-corrected chi connectivity index (χ4v) is 1.84. The molecule has 0 aliphatic heterocycles. The summed E-state index contributed by atoms with van der Waals surface area (Å²) >= 11 is 10.7. The highest BCUT2D eigenvalue weighted by Crippen LogP contribution is 2.32. The predicted molar refractivity (Wildman–Crippen MR) is 52.1 cm³/mol. The van der Waals surface area contributed by atoms with E-state index in [9.17, 15) is 4.79 Å². The molecular formula is C6H6ClNOS2. The molecular weight excluding hydrogens is 202 g/mol. The molecule has 60 valence electrons. The molecule has 0 atom stereocenters. The van der Waals surface area contributed by atoms with E-state index in [0.717, 1.165) is 5.56 Å². The number of amides is 1. The lowest BCUT2D eigenvalue weighted by Crippen LogP contribution is -2.01. The van der Waals surface area contributed by atoms with Crippen molar-refractivity contribution in [3.63, 3.8) is 0 Å². The van der Waals surface area contributed by atoms with Crippen molar-refractivity contribution in [2.45, 2.75) is 6.92 Å². The van der Waals surface area contributed by atoms with Gasteiger partial charge in [-0.25, -0.2) is 0 Å². The SMILES string of the molecule is Cc1csc(Cl)c1NC(=O)S. The van der Waals surface area contributed by atoms with Gasteiger partial charge in [0.2, 0.25) is 0 Å². The fraction of sp³-hybridized carbons (Fsp3) is 0.167. The number of rotatable bonds is 1. The largest absolute Gasteiger partial charge is 0.315 e. The third kappa shape index (κ3) is 2.12. The molecule has 0 fully saturated rings. The van der Waals surface area contributed by atoms with Gasteiger partial charge in [0.15, 0.2) is 0 Å². The van der Waals surface area contributed by atoms with Crippen LogP contribution in [-0.4, -0.2) is 5.24 Å². The Bertz CT molecular complexity index is 265. The minimum atomic E-state index is -0.395. The van der Waals surface area contributed by atoms with Gasteiger partial charge in [0, 0.05) is 0 Å². The minimum Gasteiger partial charge on any atom is -0.315 e. The first-order chi connectivity index (χ1) is 5.11. The standard InChI is InChI=1S/C6H6ClNOS2/c1-3-2-11-5(7)4(3)8-6(9)10/h2H,1H3,(H2,8,9,10). The van der Waals surface area contributed by atoms with Gasteiger partial charge < -0.3 is 5.32 Å². The summed E-state index contributed by atoms with van der Waals surface area (Å²) in [5, 5.41) is 4.01. The highest BCUT2D eigenvalue weighted by Gasteiger charge is 2.07. The van der Waals surface area contributed by atoms with Crippen LogP contribution in [0.3, 0.4) is 0 Å². The second kappa shape index (κ2) is 3.47. The van der Waals surface area contributed by atoms with Crippen molar-refractivity contribution >= 4 is 46.5 Å². The summed E-state index contributed by atoms with van der Waals surface area (Å²) in [5.41, 5.74) is 1.62. The maximum atomic E-state index is 10.5. The van der Waals surface area contributed by atoms with Crippen LogP contribution in [0.25, 0.3) is 0 Å². The van der Waals surface area contributed by atoms with Crippen LogP contribution in [0.15, 0.2) is 5.38 Å². The zero-order chi connectivity index (χ0) is 8.43. The number of anilines is 1. The monoisotopic (exact) mass is 207 g/mol. The number of halogens is 1. The van der Waals surface area contributed by atoms with Gasteiger partial charge in [-0.3, -0.25) is 4.79 Å². The highest BCUT2D eigenvalue weighted by atomic mass is 35.5. The van der Waals surface area contributed by atoms with Crippen molar-refractivity contribution in [2.75, 3.05) is 5.32 Å². The zero-order valence-electron chi connectivity index (χ0n) is 5.72. The molecule has 0 saturated heterocycles. The van der Waals surface area contributed by atoms with Crippen LogP contribution in [0.5, 0.6) is 0 Å². The first-order valence-electron chi connectivity index (χ1n) is 2.85. The van der Waals surface area contributed by atoms with Gasteiger partial charge in [0.1, 0.15) is 4.34 Å².